The lowest BCUT2D eigenvalue weighted by Gasteiger charge is -2.23. The fraction of sp³-hybridized carbons (Fsp3) is 0.333. The molecule has 0 unspecified atom stereocenters. The molecule has 2 aromatic rings. The van der Waals surface area contributed by atoms with Crippen molar-refractivity contribution in [3.05, 3.63) is 60.2 Å². The molecule has 2 atom stereocenters. The summed E-state index contributed by atoms with van der Waals surface area (Å²) in [6.07, 6.45) is 0.774. The summed E-state index contributed by atoms with van der Waals surface area (Å²) in [6, 6.07) is 15.5. The molecular formula is C21H26N2O3. The third-order valence-electron chi connectivity index (χ3n) is 4.25. The van der Waals surface area contributed by atoms with Gasteiger partial charge in [0.05, 0.1) is 6.61 Å². The van der Waals surface area contributed by atoms with E-state index in [0.717, 1.165) is 12.2 Å². The number of amides is 2. The Balaban J connectivity index is 2.07. The van der Waals surface area contributed by atoms with Gasteiger partial charge in [-0.3, -0.25) is 9.59 Å². The minimum absolute atomic E-state index is 0.00496. The molecule has 0 aliphatic heterocycles. The highest BCUT2D eigenvalue weighted by molar-refractivity contribution is 6.01. The average molecular weight is 354 g/mol. The summed E-state index contributed by atoms with van der Waals surface area (Å²) in [5.41, 5.74) is 1.20. The summed E-state index contributed by atoms with van der Waals surface area (Å²) in [7, 11) is 0. The van der Waals surface area contributed by atoms with E-state index in [2.05, 4.69) is 10.6 Å². The molecule has 2 rings (SSSR count). The summed E-state index contributed by atoms with van der Waals surface area (Å²) in [5, 5.41) is 5.73. The first-order chi connectivity index (χ1) is 12.5. The second-order valence-electron chi connectivity index (χ2n) is 6.15. The molecule has 2 aromatic carbocycles. The number of rotatable bonds is 8. The standard InChI is InChI=1S/C21H26N2O3/c1-4-15(3)19(23-20(24)16-9-7-6-8-10-16)21(25)22-17-11-13-18(14-12-17)26-5-2/h6-15,19H,4-5H2,1-3H3,(H,22,25)(H,23,24)/t15-,19+/m1/s1. The second-order valence-corrected chi connectivity index (χ2v) is 6.15. The summed E-state index contributed by atoms with van der Waals surface area (Å²) in [6.45, 7) is 6.46. The number of benzene rings is 2. The van der Waals surface area contributed by atoms with Gasteiger partial charge in [0.2, 0.25) is 5.91 Å². The molecule has 26 heavy (non-hydrogen) atoms. The van der Waals surface area contributed by atoms with Crippen LogP contribution in [0.15, 0.2) is 54.6 Å². The van der Waals surface area contributed by atoms with Crippen molar-refractivity contribution in [2.75, 3.05) is 11.9 Å². The van der Waals surface area contributed by atoms with Gasteiger partial charge in [-0.15, -0.1) is 0 Å². The SMILES string of the molecule is CCOc1ccc(NC(=O)[C@@H](NC(=O)c2ccccc2)[C@H](C)CC)cc1. The molecule has 0 aliphatic carbocycles. The van der Waals surface area contributed by atoms with E-state index in [-0.39, 0.29) is 17.7 Å². The molecule has 2 N–H and O–H groups in total. The molecule has 0 bridgehead atoms. The summed E-state index contributed by atoms with van der Waals surface area (Å²) >= 11 is 0. The van der Waals surface area contributed by atoms with E-state index in [4.69, 9.17) is 4.74 Å². The Bertz CT molecular complexity index is 714. The van der Waals surface area contributed by atoms with E-state index in [1.165, 1.54) is 0 Å². The minimum Gasteiger partial charge on any atom is -0.494 e. The first-order valence-electron chi connectivity index (χ1n) is 8.94. The van der Waals surface area contributed by atoms with Crippen molar-refractivity contribution in [1.29, 1.82) is 0 Å². The second kappa shape index (κ2) is 9.61. The zero-order valence-corrected chi connectivity index (χ0v) is 15.5. The number of carbonyl (C=O) groups excluding carboxylic acids is 2. The minimum atomic E-state index is -0.612. The Morgan fingerprint density at radius 1 is 1.00 bits per heavy atom. The van der Waals surface area contributed by atoms with E-state index in [9.17, 15) is 9.59 Å². The Hall–Kier alpha value is -2.82. The lowest BCUT2D eigenvalue weighted by atomic mass is 9.97. The van der Waals surface area contributed by atoms with E-state index in [1.807, 2.05) is 26.8 Å². The smallest absolute Gasteiger partial charge is 0.251 e. The first-order valence-corrected chi connectivity index (χ1v) is 8.94. The maximum atomic E-state index is 12.7. The van der Waals surface area contributed by atoms with E-state index < -0.39 is 6.04 Å². The molecule has 5 heteroatoms. The van der Waals surface area contributed by atoms with Gasteiger partial charge in [0, 0.05) is 11.3 Å². The highest BCUT2D eigenvalue weighted by Crippen LogP contribution is 2.17. The van der Waals surface area contributed by atoms with Crippen LogP contribution in [0.1, 0.15) is 37.6 Å². The third-order valence-corrected chi connectivity index (χ3v) is 4.25. The van der Waals surface area contributed by atoms with Gasteiger partial charge in [-0.25, -0.2) is 0 Å². The van der Waals surface area contributed by atoms with Crippen molar-refractivity contribution in [2.45, 2.75) is 33.2 Å². The molecule has 138 valence electrons. The van der Waals surface area contributed by atoms with Gasteiger partial charge in [-0.05, 0) is 49.2 Å². The van der Waals surface area contributed by atoms with Crippen molar-refractivity contribution in [1.82, 2.24) is 5.32 Å². The molecule has 0 aliphatic rings. The Kier molecular flexibility index (Phi) is 7.21. The number of hydrogen-bond acceptors (Lipinski definition) is 3. The number of nitrogens with one attached hydrogen (secondary N) is 2. The van der Waals surface area contributed by atoms with Crippen LogP contribution in [0.5, 0.6) is 5.75 Å². The van der Waals surface area contributed by atoms with Crippen LogP contribution < -0.4 is 15.4 Å². The number of ether oxygens (including phenoxy) is 1. The molecule has 0 fully saturated rings. The fourth-order valence-corrected chi connectivity index (χ4v) is 2.54. The van der Waals surface area contributed by atoms with E-state index in [0.29, 0.717) is 17.9 Å². The van der Waals surface area contributed by atoms with Crippen LogP contribution in [0.25, 0.3) is 0 Å². The Morgan fingerprint density at radius 2 is 1.65 bits per heavy atom. The molecule has 5 nitrogen and oxygen atoms in total. The normalized spacial score (nSPS) is 12.7. The van der Waals surface area contributed by atoms with Crippen LogP contribution >= 0.6 is 0 Å². The monoisotopic (exact) mass is 354 g/mol. The van der Waals surface area contributed by atoms with Crippen LogP contribution in [0, 0.1) is 5.92 Å². The largest absolute Gasteiger partial charge is 0.494 e. The molecule has 0 spiro atoms. The van der Waals surface area contributed by atoms with Gasteiger partial charge in [-0.1, -0.05) is 38.5 Å². The summed E-state index contributed by atoms with van der Waals surface area (Å²) in [5.74, 6) is 0.275. The number of hydrogen-bond donors (Lipinski definition) is 2. The van der Waals surface area contributed by atoms with Crippen LogP contribution in [0.2, 0.25) is 0 Å². The van der Waals surface area contributed by atoms with Crippen molar-refractivity contribution in [3.8, 4) is 5.75 Å². The summed E-state index contributed by atoms with van der Waals surface area (Å²) < 4.78 is 5.40. The Labute approximate surface area is 154 Å². The molecule has 0 heterocycles. The maximum absolute atomic E-state index is 12.7. The highest BCUT2D eigenvalue weighted by atomic mass is 16.5. The van der Waals surface area contributed by atoms with Crippen LogP contribution in [0.3, 0.4) is 0 Å². The predicted octanol–water partition coefficient (Wildman–Crippen LogP) is 3.87. The average Bonchev–Trinajstić information content (AvgIpc) is 2.67. The Morgan fingerprint density at radius 3 is 2.23 bits per heavy atom. The first kappa shape index (κ1) is 19.5. The predicted molar refractivity (Wildman–Crippen MR) is 103 cm³/mol. The van der Waals surface area contributed by atoms with Crippen molar-refractivity contribution < 1.29 is 14.3 Å². The van der Waals surface area contributed by atoms with Crippen molar-refractivity contribution >= 4 is 17.5 Å². The van der Waals surface area contributed by atoms with Crippen LogP contribution in [-0.4, -0.2) is 24.5 Å². The maximum Gasteiger partial charge on any atom is 0.251 e. The van der Waals surface area contributed by atoms with Gasteiger partial charge in [0.25, 0.3) is 5.91 Å². The zero-order valence-electron chi connectivity index (χ0n) is 15.5. The van der Waals surface area contributed by atoms with Crippen molar-refractivity contribution in [2.24, 2.45) is 5.92 Å². The summed E-state index contributed by atoms with van der Waals surface area (Å²) in [4.78, 5) is 25.2. The molecule has 0 aromatic heterocycles. The fourth-order valence-electron chi connectivity index (χ4n) is 2.54. The van der Waals surface area contributed by atoms with Gasteiger partial charge in [0.15, 0.2) is 0 Å². The van der Waals surface area contributed by atoms with Gasteiger partial charge >= 0.3 is 0 Å². The lowest BCUT2D eigenvalue weighted by molar-refractivity contribution is -0.119. The van der Waals surface area contributed by atoms with Gasteiger partial charge in [-0.2, -0.15) is 0 Å². The molecule has 0 radical (unpaired) electrons. The van der Waals surface area contributed by atoms with E-state index >= 15 is 0 Å². The molecule has 2 amide bonds. The van der Waals surface area contributed by atoms with Crippen LogP contribution in [-0.2, 0) is 4.79 Å². The number of anilines is 1. The molecule has 0 saturated heterocycles. The molecular weight excluding hydrogens is 328 g/mol. The van der Waals surface area contributed by atoms with E-state index in [1.54, 1.807) is 48.5 Å². The lowest BCUT2D eigenvalue weighted by Crippen LogP contribution is -2.47. The quantitative estimate of drug-likeness (QED) is 0.756. The topological polar surface area (TPSA) is 67.4 Å². The van der Waals surface area contributed by atoms with Crippen LogP contribution in [0.4, 0.5) is 5.69 Å². The number of carbonyl (C=O) groups is 2. The third kappa shape index (κ3) is 5.34. The molecule has 0 saturated carbocycles. The van der Waals surface area contributed by atoms with Gasteiger partial charge in [0.1, 0.15) is 11.8 Å². The van der Waals surface area contributed by atoms with Gasteiger partial charge < -0.3 is 15.4 Å². The zero-order chi connectivity index (χ0) is 18.9. The highest BCUT2D eigenvalue weighted by Gasteiger charge is 2.26. The van der Waals surface area contributed by atoms with Crippen molar-refractivity contribution in [3.63, 3.8) is 0 Å².